The molecule has 4 N–H and O–H groups in total. The molecule has 1 aliphatic heterocycles. The summed E-state index contributed by atoms with van der Waals surface area (Å²) >= 11 is 1.50. The van der Waals surface area contributed by atoms with Gasteiger partial charge in [0, 0.05) is 24.1 Å². The Balaban J connectivity index is 0.00000243. The summed E-state index contributed by atoms with van der Waals surface area (Å²) in [5, 5.41) is 0. The minimum absolute atomic E-state index is 0. The number of thioether (sulfide) groups is 1. The van der Waals surface area contributed by atoms with Gasteiger partial charge in [-0.3, -0.25) is 9.59 Å². The van der Waals surface area contributed by atoms with Crippen molar-refractivity contribution in [2.75, 3.05) is 11.6 Å². The molecular weight excluding hydrogens is 374 g/mol. The van der Waals surface area contributed by atoms with Gasteiger partial charge in [0.05, 0.1) is 23.9 Å². The maximum Gasteiger partial charge on any atom is 0.241 e. The highest BCUT2D eigenvalue weighted by Crippen LogP contribution is 2.21. The SMILES string of the molecule is Cc1ccc(-n2cnc(C[C@H](N)C(=O)N3CSCC3C(N)=O)c2)cc1.Cl. The average molecular weight is 396 g/mol. The fourth-order valence-electron chi connectivity index (χ4n) is 2.75. The van der Waals surface area contributed by atoms with E-state index in [1.807, 2.05) is 42.0 Å². The molecule has 7 nitrogen and oxygen atoms in total. The third kappa shape index (κ3) is 4.38. The van der Waals surface area contributed by atoms with E-state index in [1.165, 1.54) is 22.2 Å². The first-order valence-electron chi connectivity index (χ1n) is 7.98. The van der Waals surface area contributed by atoms with Crippen LogP contribution in [0.5, 0.6) is 0 Å². The smallest absolute Gasteiger partial charge is 0.241 e. The van der Waals surface area contributed by atoms with Gasteiger partial charge in [0.15, 0.2) is 0 Å². The Kier molecular flexibility index (Phi) is 6.69. The lowest BCUT2D eigenvalue weighted by Gasteiger charge is -2.24. The van der Waals surface area contributed by atoms with Crippen molar-refractivity contribution in [3.63, 3.8) is 0 Å². The van der Waals surface area contributed by atoms with Crippen molar-refractivity contribution < 1.29 is 9.59 Å². The third-order valence-electron chi connectivity index (χ3n) is 4.21. The number of amides is 2. The molecule has 26 heavy (non-hydrogen) atoms. The van der Waals surface area contributed by atoms with Crippen LogP contribution < -0.4 is 11.5 Å². The molecule has 1 fully saturated rings. The summed E-state index contributed by atoms with van der Waals surface area (Å²) in [6.45, 7) is 2.03. The van der Waals surface area contributed by atoms with Crippen molar-refractivity contribution in [1.29, 1.82) is 0 Å². The molecule has 0 saturated carbocycles. The lowest BCUT2D eigenvalue weighted by Crippen LogP contribution is -2.51. The number of aromatic nitrogens is 2. The monoisotopic (exact) mass is 395 g/mol. The number of carbonyl (C=O) groups excluding carboxylic acids is 2. The van der Waals surface area contributed by atoms with Crippen LogP contribution in [0.25, 0.3) is 5.69 Å². The number of nitrogens with two attached hydrogens (primary N) is 2. The topological polar surface area (TPSA) is 107 Å². The molecule has 0 bridgehead atoms. The lowest BCUT2D eigenvalue weighted by atomic mass is 10.1. The molecule has 2 atom stereocenters. The third-order valence-corrected chi connectivity index (χ3v) is 5.22. The van der Waals surface area contributed by atoms with Gasteiger partial charge in [-0.2, -0.15) is 0 Å². The molecule has 1 unspecified atom stereocenters. The zero-order valence-corrected chi connectivity index (χ0v) is 16.0. The van der Waals surface area contributed by atoms with Crippen LogP contribution in [-0.4, -0.2) is 50.0 Å². The first-order valence-corrected chi connectivity index (χ1v) is 9.14. The fraction of sp³-hybridized carbons (Fsp3) is 0.353. The summed E-state index contributed by atoms with van der Waals surface area (Å²) in [6.07, 6.45) is 3.88. The Morgan fingerprint density at radius 2 is 2.04 bits per heavy atom. The number of benzene rings is 1. The maximum atomic E-state index is 12.5. The fourth-order valence-corrected chi connectivity index (χ4v) is 3.93. The lowest BCUT2D eigenvalue weighted by molar-refractivity contribution is -0.137. The van der Waals surface area contributed by atoms with Crippen molar-refractivity contribution in [2.45, 2.75) is 25.4 Å². The van der Waals surface area contributed by atoms with Crippen LogP contribution in [0, 0.1) is 6.92 Å². The summed E-state index contributed by atoms with van der Waals surface area (Å²) in [5.74, 6) is 0.209. The molecule has 2 heterocycles. The van der Waals surface area contributed by atoms with E-state index in [1.54, 1.807) is 6.33 Å². The first kappa shape index (κ1) is 20.3. The largest absolute Gasteiger partial charge is 0.368 e. The average Bonchev–Trinajstić information content (AvgIpc) is 3.24. The first-order chi connectivity index (χ1) is 12.0. The van der Waals surface area contributed by atoms with E-state index in [2.05, 4.69) is 4.98 Å². The molecule has 140 valence electrons. The van der Waals surface area contributed by atoms with Gasteiger partial charge in [-0.25, -0.2) is 4.98 Å². The van der Waals surface area contributed by atoms with Gasteiger partial charge in [0.2, 0.25) is 11.8 Å². The molecule has 0 spiro atoms. The summed E-state index contributed by atoms with van der Waals surface area (Å²) in [4.78, 5) is 29.8. The van der Waals surface area contributed by atoms with Gasteiger partial charge in [0.1, 0.15) is 6.04 Å². The van der Waals surface area contributed by atoms with Crippen molar-refractivity contribution >= 4 is 36.0 Å². The molecule has 1 aromatic carbocycles. The highest BCUT2D eigenvalue weighted by atomic mass is 35.5. The van der Waals surface area contributed by atoms with Crippen LogP contribution in [-0.2, 0) is 16.0 Å². The van der Waals surface area contributed by atoms with Crippen molar-refractivity contribution in [2.24, 2.45) is 11.5 Å². The second-order valence-electron chi connectivity index (χ2n) is 6.14. The van der Waals surface area contributed by atoms with Crippen LogP contribution in [0.15, 0.2) is 36.8 Å². The second kappa shape index (κ2) is 8.57. The molecule has 9 heteroatoms. The van der Waals surface area contributed by atoms with Crippen LogP contribution in [0.4, 0.5) is 0 Å². The number of hydrogen-bond acceptors (Lipinski definition) is 5. The standard InChI is InChI=1S/C17H21N5O2S.ClH/c1-11-2-4-13(5-3-11)21-7-12(20-9-21)6-14(18)17(24)22-10-25-8-15(22)16(19)23;/h2-5,7,9,14-15H,6,8,10,18H2,1H3,(H2,19,23);1H/t14-,15?;/m0./s1. The Morgan fingerprint density at radius 3 is 2.69 bits per heavy atom. The van der Waals surface area contributed by atoms with Gasteiger partial charge in [0.25, 0.3) is 0 Å². The minimum Gasteiger partial charge on any atom is -0.368 e. The second-order valence-corrected chi connectivity index (χ2v) is 7.14. The van der Waals surface area contributed by atoms with Crippen LogP contribution in [0.2, 0.25) is 0 Å². The molecule has 1 aromatic heterocycles. The molecule has 0 aliphatic carbocycles. The Bertz CT molecular complexity index is 780. The van der Waals surface area contributed by atoms with E-state index in [9.17, 15) is 9.59 Å². The predicted octanol–water partition coefficient (Wildman–Crippen LogP) is 0.859. The number of carbonyl (C=O) groups is 2. The normalized spacial score (nSPS) is 17.6. The quantitative estimate of drug-likeness (QED) is 0.780. The van der Waals surface area contributed by atoms with Crippen molar-refractivity contribution in [3.8, 4) is 5.69 Å². The predicted molar refractivity (Wildman–Crippen MR) is 104 cm³/mol. The van der Waals surface area contributed by atoms with Gasteiger partial charge in [-0.15, -0.1) is 24.2 Å². The highest BCUT2D eigenvalue weighted by molar-refractivity contribution is 7.99. The van der Waals surface area contributed by atoms with Gasteiger partial charge in [-0.1, -0.05) is 17.7 Å². The van der Waals surface area contributed by atoms with E-state index >= 15 is 0 Å². The van der Waals surface area contributed by atoms with Gasteiger partial charge < -0.3 is 20.9 Å². The van der Waals surface area contributed by atoms with E-state index in [0.29, 0.717) is 18.1 Å². The number of nitrogens with zero attached hydrogens (tertiary/aromatic N) is 3. The zero-order chi connectivity index (χ0) is 18.0. The van der Waals surface area contributed by atoms with Gasteiger partial charge >= 0.3 is 0 Å². The van der Waals surface area contributed by atoms with Gasteiger partial charge in [-0.05, 0) is 19.1 Å². The van der Waals surface area contributed by atoms with E-state index in [-0.39, 0.29) is 18.3 Å². The Labute approximate surface area is 162 Å². The number of imidazole rings is 1. The summed E-state index contributed by atoms with van der Waals surface area (Å²) < 4.78 is 1.89. The molecule has 2 aromatic rings. The molecule has 1 saturated heterocycles. The number of halogens is 1. The summed E-state index contributed by atoms with van der Waals surface area (Å²) in [7, 11) is 0. The van der Waals surface area contributed by atoms with Crippen molar-refractivity contribution in [1.82, 2.24) is 14.5 Å². The van der Waals surface area contributed by atoms with Crippen LogP contribution in [0.3, 0.4) is 0 Å². The number of aryl methyl sites for hydroxylation is 1. The molecule has 1 aliphatic rings. The molecule has 2 amide bonds. The zero-order valence-electron chi connectivity index (χ0n) is 14.4. The Morgan fingerprint density at radius 1 is 1.35 bits per heavy atom. The molecule has 3 rings (SSSR count). The summed E-state index contributed by atoms with van der Waals surface area (Å²) in [6, 6.07) is 6.74. The van der Waals surface area contributed by atoms with Crippen LogP contribution >= 0.6 is 24.2 Å². The summed E-state index contributed by atoms with van der Waals surface area (Å²) in [5.41, 5.74) is 14.3. The number of rotatable bonds is 5. The Hall–Kier alpha value is -2.03. The number of primary amides is 1. The highest BCUT2D eigenvalue weighted by Gasteiger charge is 2.35. The van der Waals surface area contributed by atoms with E-state index < -0.39 is 18.0 Å². The number of hydrogen-bond donors (Lipinski definition) is 2. The van der Waals surface area contributed by atoms with Crippen LogP contribution in [0.1, 0.15) is 11.3 Å². The minimum atomic E-state index is -0.748. The van der Waals surface area contributed by atoms with E-state index in [0.717, 1.165) is 11.4 Å². The molecular formula is C17H22ClN5O2S. The molecule has 0 radical (unpaired) electrons. The van der Waals surface area contributed by atoms with Crippen molar-refractivity contribution in [3.05, 3.63) is 48.0 Å². The van der Waals surface area contributed by atoms with E-state index in [4.69, 9.17) is 11.5 Å². The maximum absolute atomic E-state index is 12.5.